The molecule has 1 amide bonds. The molecule has 126 valence electrons. The van der Waals surface area contributed by atoms with Crippen LogP contribution in [0.15, 0.2) is 54.6 Å². The zero-order valence-electron chi connectivity index (χ0n) is 14.3. The summed E-state index contributed by atoms with van der Waals surface area (Å²) >= 11 is 0. The molecule has 3 rings (SSSR count). The molecule has 1 heterocycles. The summed E-state index contributed by atoms with van der Waals surface area (Å²) in [7, 11) is 0. The number of benzene rings is 2. The smallest absolute Gasteiger partial charge is 0.223 e. The van der Waals surface area contributed by atoms with Gasteiger partial charge in [0.25, 0.3) is 0 Å². The standard InChI is InChI=1S/C21H25NO2/c1-16(2)19(15-21(23)22-10-12-24-13-11-22)14-18-8-5-7-17-6-3-4-9-20(17)18/h3-9,19H,1,10-15H2,2H3. The molecular weight excluding hydrogens is 298 g/mol. The third-order valence-corrected chi connectivity index (χ3v) is 4.83. The van der Waals surface area contributed by atoms with E-state index in [0.717, 1.165) is 12.0 Å². The number of rotatable bonds is 5. The monoisotopic (exact) mass is 323 g/mol. The number of amides is 1. The fourth-order valence-electron chi connectivity index (χ4n) is 3.31. The van der Waals surface area contributed by atoms with Gasteiger partial charge in [0, 0.05) is 19.5 Å². The molecule has 1 unspecified atom stereocenters. The Balaban J connectivity index is 1.76. The van der Waals surface area contributed by atoms with Gasteiger partial charge >= 0.3 is 0 Å². The van der Waals surface area contributed by atoms with E-state index in [-0.39, 0.29) is 11.8 Å². The van der Waals surface area contributed by atoms with Gasteiger partial charge in [-0.2, -0.15) is 0 Å². The van der Waals surface area contributed by atoms with Crippen LogP contribution in [0.1, 0.15) is 18.9 Å². The highest BCUT2D eigenvalue weighted by Gasteiger charge is 2.22. The first-order valence-electron chi connectivity index (χ1n) is 8.62. The Labute approximate surface area is 143 Å². The Morgan fingerprint density at radius 3 is 2.62 bits per heavy atom. The Morgan fingerprint density at radius 2 is 1.88 bits per heavy atom. The Hall–Kier alpha value is -2.13. The van der Waals surface area contributed by atoms with Crippen molar-refractivity contribution in [2.75, 3.05) is 26.3 Å². The first-order valence-corrected chi connectivity index (χ1v) is 8.62. The van der Waals surface area contributed by atoms with Crippen molar-refractivity contribution in [3.05, 3.63) is 60.2 Å². The molecule has 0 aromatic heterocycles. The lowest BCUT2D eigenvalue weighted by molar-refractivity contribution is -0.136. The number of carbonyl (C=O) groups excluding carboxylic acids is 1. The molecule has 0 N–H and O–H groups in total. The number of hydrogen-bond donors (Lipinski definition) is 0. The van der Waals surface area contributed by atoms with E-state index in [2.05, 4.69) is 49.0 Å². The van der Waals surface area contributed by atoms with Crippen molar-refractivity contribution >= 4 is 16.7 Å². The molecule has 1 aliphatic rings. The highest BCUT2D eigenvalue weighted by Crippen LogP contribution is 2.26. The lowest BCUT2D eigenvalue weighted by Crippen LogP contribution is -2.41. The molecular formula is C21H25NO2. The second-order valence-electron chi connectivity index (χ2n) is 6.58. The summed E-state index contributed by atoms with van der Waals surface area (Å²) in [5.41, 5.74) is 2.36. The molecule has 3 heteroatoms. The van der Waals surface area contributed by atoms with Crippen LogP contribution in [0.5, 0.6) is 0 Å². The van der Waals surface area contributed by atoms with Crippen molar-refractivity contribution in [1.82, 2.24) is 4.90 Å². The van der Waals surface area contributed by atoms with E-state index in [4.69, 9.17) is 4.74 Å². The molecule has 1 fully saturated rings. The minimum atomic E-state index is 0.172. The van der Waals surface area contributed by atoms with E-state index in [9.17, 15) is 4.79 Å². The molecule has 0 bridgehead atoms. The van der Waals surface area contributed by atoms with Gasteiger partial charge in [-0.05, 0) is 35.6 Å². The summed E-state index contributed by atoms with van der Waals surface area (Å²) in [6.45, 7) is 8.86. The second-order valence-corrected chi connectivity index (χ2v) is 6.58. The molecule has 2 aromatic rings. The van der Waals surface area contributed by atoms with E-state index in [1.54, 1.807) is 0 Å². The van der Waals surface area contributed by atoms with E-state index < -0.39 is 0 Å². The summed E-state index contributed by atoms with van der Waals surface area (Å²) in [6.07, 6.45) is 1.38. The van der Waals surface area contributed by atoms with Crippen LogP contribution < -0.4 is 0 Å². The van der Waals surface area contributed by atoms with Gasteiger partial charge in [-0.25, -0.2) is 0 Å². The molecule has 1 aliphatic heterocycles. The van der Waals surface area contributed by atoms with Crippen LogP contribution in [-0.2, 0) is 16.0 Å². The number of nitrogens with zero attached hydrogens (tertiary/aromatic N) is 1. The lowest BCUT2D eigenvalue weighted by atomic mass is 9.88. The van der Waals surface area contributed by atoms with E-state index in [0.29, 0.717) is 32.7 Å². The molecule has 3 nitrogen and oxygen atoms in total. The predicted octanol–water partition coefficient (Wildman–Crippen LogP) is 3.82. The van der Waals surface area contributed by atoms with Crippen molar-refractivity contribution in [2.45, 2.75) is 19.8 Å². The fourth-order valence-corrected chi connectivity index (χ4v) is 3.31. The van der Waals surface area contributed by atoms with E-state index in [1.165, 1.54) is 16.3 Å². The van der Waals surface area contributed by atoms with Crippen LogP contribution in [0.2, 0.25) is 0 Å². The average molecular weight is 323 g/mol. The number of allylic oxidation sites excluding steroid dienone is 1. The highest BCUT2D eigenvalue weighted by atomic mass is 16.5. The molecule has 24 heavy (non-hydrogen) atoms. The van der Waals surface area contributed by atoms with Crippen LogP contribution in [0, 0.1) is 5.92 Å². The maximum absolute atomic E-state index is 12.6. The molecule has 0 radical (unpaired) electrons. The van der Waals surface area contributed by atoms with Crippen molar-refractivity contribution < 1.29 is 9.53 Å². The number of hydrogen-bond acceptors (Lipinski definition) is 2. The lowest BCUT2D eigenvalue weighted by Gasteiger charge is -2.29. The quantitative estimate of drug-likeness (QED) is 0.783. The first-order chi connectivity index (χ1) is 11.6. The maximum atomic E-state index is 12.6. The number of fused-ring (bicyclic) bond motifs is 1. The average Bonchev–Trinajstić information content (AvgIpc) is 2.62. The third kappa shape index (κ3) is 3.85. The fraction of sp³-hybridized carbons (Fsp3) is 0.381. The summed E-state index contributed by atoms with van der Waals surface area (Å²) in [6, 6.07) is 14.8. The molecule has 2 aromatic carbocycles. The van der Waals surface area contributed by atoms with E-state index >= 15 is 0 Å². The van der Waals surface area contributed by atoms with Crippen LogP contribution >= 0.6 is 0 Å². The minimum absolute atomic E-state index is 0.172. The summed E-state index contributed by atoms with van der Waals surface area (Å²) in [5, 5.41) is 2.51. The Bertz CT molecular complexity index is 726. The summed E-state index contributed by atoms with van der Waals surface area (Å²) in [4.78, 5) is 14.5. The number of morpholine rings is 1. The molecule has 0 aliphatic carbocycles. The van der Waals surface area contributed by atoms with Crippen LogP contribution in [0.25, 0.3) is 10.8 Å². The maximum Gasteiger partial charge on any atom is 0.223 e. The van der Waals surface area contributed by atoms with Crippen LogP contribution in [0.4, 0.5) is 0 Å². The highest BCUT2D eigenvalue weighted by molar-refractivity contribution is 5.85. The van der Waals surface area contributed by atoms with Gasteiger partial charge in [0.05, 0.1) is 13.2 Å². The van der Waals surface area contributed by atoms with Crippen LogP contribution in [0.3, 0.4) is 0 Å². The van der Waals surface area contributed by atoms with Gasteiger partial charge in [-0.1, -0.05) is 54.6 Å². The van der Waals surface area contributed by atoms with Crippen molar-refractivity contribution in [3.8, 4) is 0 Å². The largest absolute Gasteiger partial charge is 0.378 e. The van der Waals surface area contributed by atoms with Gasteiger partial charge in [0.15, 0.2) is 0 Å². The number of ether oxygens (including phenoxy) is 1. The Kier molecular flexibility index (Phi) is 5.31. The molecule has 0 spiro atoms. The zero-order valence-corrected chi connectivity index (χ0v) is 14.3. The van der Waals surface area contributed by atoms with Crippen molar-refractivity contribution in [2.24, 2.45) is 5.92 Å². The van der Waals surface area contributed by atoms with Crippen LogP contribution in [-0.4, -0.2) is 37.1 Å². The number of carbonyl (C=O) groups is 1. The minimum Gasteiger partial charge on any atom is -0.378 e. The summed E-state index contributed by atoms with van der Waals surface area (Å²) < 4.78 is 5.33. The van der Waals surface area contributed by atoms with Crippen molar-refractivity contribution in [3.63, 3.8) is 0 Å². The normalized spacial score (nSPS) is 16.1. The van der Waals surface area contributed by atoms with Crippen molar-refractivity contribution in [1.29, 1.82) is 0 Å². The van der Waals surface area contributed by atoms with E-state index in [1.807, 2.05) is 11.8 Å². The topological polar surface area (TPSA) is 29.5 Å². The van der Waals surface area contributed by atoms with Gasteiger partial charge in [-0.15, -0.1) is 0 Å². The molecule has 1 atom stereocenters. The molecule has 0 saturated carbocycles. The van der Waals surface area contributed by atoms with Gasteiger partial charge in [0.2, 0.25) is 5.91 Å². The SMILES string of the molecule is C=C(C)C(CC(=O)N1CCOCC1)Cc1cccc2ccccc12. The predicted molar refractivity (Wildman–Crippen MR) is 98.0 cm³/mol. The second kappa shape index (κ2) is 7.63. The third-order valence-electron chi connectivity index (χ3n) is 4.83. The Morgan fingerprint density at radius 1 is 1.17 bits per heavy atom. The van der Waals surface area contributed by atoms with Gasteiger partial charge < -0.3 is 9.64 Å². The van der Waals surface area contributed by atoms with Gasteiger partial charge in [-0.3, -0.25) is 4.79 Å². The molecule has 1 saturated heterocycles. The first kappa shape index (κ1) is 16.7. The summed E-state index contributed by atoms with van der Waals surface area (Å²) in [5.74, 6) is 0.387. The zero-order chi connectivity index (χ0) is 16.9. The van der Waals surface area contributed by atoms with Gasteiger partial charge in [0.1, 0.15) is 0 Å².